The highest BCUT2D eigenvalue weighted by atomic mass is 35.5. The number of rotatable bonds is 2. The van der Waals surface area contributed by atoms with Gasteiger partial charge in [0.2, 0.25) is 0 Å². The first-order chi connectivity index (χ1) is 3.98. The van der Waals surface area contributed by atoms with E-state index < -0.39 is 10.6 Å². The lowest BCUT2D eigenvalue weighted by Crippen LogP contribution is -2.27. The molecule has 0 rings (SSSR count). The summed E-state index contributed by atoms with van der Waals surface area (Å²) in [5.74, 6) is -0.223. The van der Waals surface area contributed by atoms with E-state index >= 15 is 0 Å². The average Bonchev–Trinajstić information content (AvgIpc) is 1.63. The summed E-state index contributed by atoms with van der Waals surface area (Å²) in [7, 11) is 0. The summed E-state index contributed by atoms with van der Waals surface area (Å²) in [4.78, 5) is 9.95. The largest absolute Gasteiger partial charge is 0.411 e. The van der Waals surface area contributed by atoms with Crippen molar-refractivity contribution in [1.29, 1.82) is 0 Å². The van der Waals surface area contributed by atoms with Crippen LogP contribution in [0.1, 0.15) is 0 Å². The van der Waals surface area contributed by atoms with E-state index in [1.54, 1.807) is 0 Å². The summed E-state index contributed by atoms with van der Waals surface area (Å²) in [6.07, 6.45) is -1.05. The van der Waals surface area contributed by atoms with E-state index in [2.05, 4.69) is 10.5 Å². The number of primary amides is 1. The molecule has 0 bridgehead atoms. The zero-order valence-electron chi connectivity index (χ0n) is 4.64. The Labute approximate surface area is 79.1 Å². The molecule has 0 aliphatic rings. The predicted octanol–water partition coefficient (Wildman–Crippen LogP) is 1.87. The van der Waals surface area contributed by atoms with Crippen molar-refractivity contribution in [3.8, 4) is 0 Å². The number of carbonyl (C=O) groups excluding carboxylic acids is 1. The fourth-order valence-corrected chi connectivity index (χ4v) is 0.381. The second-order valence-electron chi connectivity index (χ2n) is 1.19. The van der Waals surface area contributed by atoms with Gasteiger partial charge in [0.05, 0.1) is 5.88 Å². The predicted molar refractivity (Wildman–Crippen MR) is 43.1 cm³/mol. The monoisotopic (exact) mass is 227 g/mol. The summed E-state index contributed by atoms with van der Waals surface area (Å²) < 4.78 is 2.42. The maximum atomic E-state index is 9.95. The van der Waals surface area contributed by atoms with Crippen LogP contribution in [0.4, 0.5) is 4.79 Å². The second-order valence-corrected chi connectivity index (χ2v) is 2.87. The Hall–Kier alpha value is 0.430. The van der Waals surface area contributed by atoms with Crippen molar-refractivity contribution < 1.29 is 9.53 Å². The molecule has 0 aliphatic heterocycles. The number of hydrogen-bond acceptors (Lipinski definition) is 2. The summed E-state index contributed by atoms with van der Waals surface area (Å²) in [6.45, 7) is 0. The standard InChI is InChI=1S/C3H4Cl3NO2.ClH/c4-1-3(5,6)9-2(7)8;/h1H2,(H2,7,8);1H. The first-order valence-corrected chi connectivity index (χ1v) is 3.19. The Bertz CT molecular complexity index is 117. The van der Waals surface area contributed by atoms with E-state index in [9.17, 15) is 4.79 Å². The van der Waals surface area contributed by atoms with E-state index in [4.69, 9.17) is 34.8 Å². The van der Waals surface area contributed by atoms with E-state index in [0.29, 0.717) is 0 Å². The molecule has 3 nitrogen and oxygen atoms in total. The summed E-state index contributed by atoms with van der Waals surface area (Å²) in [5.41, 5.74) is 4.57. The highest BCUT2D eigenvalue weighted by Gasteiger charge is 2.26. The maximum absolute atomic E-state index is 9.95. The summed E-state index contributed by atoms with van der Waals surface area (Å²) in [5, 5.41) is 0. The highest BCUT2D eigenvalue weighted by Crippen LogP contribution is 2.23. The van der Waals surface area contributed by atoms with Crippen LogP contribution in [0.5, 0.6) is 0 Å². The van der Waals surface area contributed by atoms with Gasteiger partial charge in [-0.3, -0.25) is 0 Å². The molecule has 0 radical (unpaired) electrons. The van der Waals surface area contributed by atoms with Crippen molar-refractivity contribution >= 4 is 53.3 Å². The average molecular weight is 229 g/mol. The Kier molecular flexibility index (Phi) is 6.69. The minimum atomic E-state index is -1.70. The highest BCUT2D eigenvalue weighted by molar-refractivity contribution is 6.50. The summed E-state index contributed by atoms with van der Waals surface area (Å²) in [6, 6.07) is 0. The molecular weight excluding hydrogens is 224 g/mol. The van der Waals surface area contributed by atoms with Crippen molar-refractivity contribution in [3.05, 3.63) is 0 Å². The molecule has 2 N–H and O–H groups in total. The first-order valence-electron chi connectivity index (χ1n) is 1.90. The normalized spacial score (nSPS) is 9.90. The Balaban J connectivity index is 0. The van der Waals surface area contributed by atoms with E-state index in [-0.39, 0.29) is 18.3 Å². The molecule has 0 saturated heterocycles. The van der Waals surface area contributed by atoms with Crippen LogP contribution in [0, 0.1) is 0 Å². The van der Waals surface area contributed by atoms with E-state index in [1.165, 1.54) is 0 Å². The minimum Gasteiger partial charge on any atom is -0.411 e. The van der Waals surface area contributed by atoms with Crippen LogP contribution >= 0.6 is 47.2 Å². The molecule has 0 spiro atoms. The molecule has 0 atom stereocenters. The van der Waals surface area contributed by atoms with Crippen LogP contribution in [-0.4, -0.2) is 16.5 Å². The van der Waals surface area contributed by atoms with Crippen molar-refractivity contribution in [2.24, 2.45) is 5.73 Å². The van der Waals surface area contributed by atoms with Gasteiger partial charge in [-0.05, 0) is 0 Å². The molecule has 0 aromatic rings. The van der Waals surface area contributed by atoms with Gasteiger partial charge in [0.15, 0.2) is 0 Å². The van der Waals surface area contributed by atoms with Crippen LogP contribution in [0.25, 0.3) is 0 Å². The Morgan fingerprint density at radius 2 is 2.00 bits per heavy atom. The number of nitrogens with two attached hydrogens (primary N) is 1. The third kappa shape index (κ3) is 6.55. The van der Waals surface area contributed by atoms with Crippen LogP contribution < -0.4 is 5.73 Å². The lowest BCUT2D eigenvalue weighted by Gasteiger charge is -2.13. The van der Waals surface area contributed by atoms with Gasteiger partial charge in [-0.25, -0.2) is 4.79 Å². The third-order valence-corrected chi connectivity index (χ3v) is 1.48. The molecule has 1 amide bonds. The number of alkyl halides is 3. The van der Waals surface area contributed by atoms with Crippen LogP contribution in [0.3, 0.4) is 0 Å². The molecular formula is C3H5Cl4NO2. The molecule has 0 aromatic carbocycles. The SMILES string of the molecule is Cl.NC(=O)OC(Cl)(Cl)CCl. The molecule has 0 saturated carbocycles. The van der Waals surface area contributed by atoms with Gasteiger partial charge in [-0.15, -0.1) is 24.0 Å². The first kappa shape index (κ1) is 13.1. The van der Waals surface area contributed by atoms with Gasteiger partial charge in [0.1, 0.15) is 0 Å². The fourth-order valence-electron chi connectivity index (χ4n) is 0.174. The van der Waals surface area contributed by atoms with Crippen LogP contribution in [0.15, 0.2) is 0 Å². The van der Waals surface area contributed by atoms with Crippen molar-refractivity contribution in [2.75, 3.05) is 5.88 Å². The lowest BCUT2D eigenvalue weighted by molar-refractivity contribution is 0.134. The molecule has 0 aromatic heterocycles. The fraction of sp³-hybridized carbons (Fsp3) is 0.667. The molecule has 10 heavy (non-hydrogen) atoms. The van der Waals surface area contributed by atoms with Gasteiger partial charge in [0, 0.05) is 0 Å². The van der Waals surface area contributed by atoms with E-state index in [1.807, 2.05) is 0 Å². The van der Waals surface area contributed by atoms with Gasteiger partial charge in [0.25, 0.3) is 4.52 Å². The smallest absolute Gasteiger partial charge is 0.407 e. The van der Waals surface area contributed by atoms with E-state index in [0.717, 1.165) is 0 Å². The molecule has 62 valence electrons. The maximum Gasteiger partial charge on any atom is 0.407 e. The molecule has 0 heterocycles. The number of carbonyl (C=O) groups is 1. The molecule has 0 aliphatic carbocycles. The minimum absolute atomic E-state index is 0. The van der Waals surface area contributed by atoms with Gasteiger partial charge in [-0.1, -0.05) is 23.2 Å². The topological polar surface area (TPSA) is 52.3 Å². The van der Waals surface area contributed by atoms with Gasteiger partial charge >= 0.3 is 6.09 Å². The number of halogens is 4. The van der Waals surface area contributed by atoms with Crippen LogP contribution in [0.2, 0.25) is 0 Å². The molecule has 7 heteroatoms. The van der Waals surface area contributed by atoms with Crippen molar-refractivity contribution in [3.63, 3.8) is 0 Å². The Morgan fingerprint density at radius 1 is 1.60 bits per heavy atom. The molecule has 0 fully saturated rings. The second kappa shape index (κ2) is 5.13. The Morgan fingerprint density at radius 3 is 2.10 bits per heavy atom. The molecule has 0 unspecified atom stereocenters. The zero-order valence-corrected chi connectivity index (χ0v) is 7.73. The number of ether oxygens (including phenoxy) is 1. The lowest BCUT2D eigenvalue weighted by atomic mass is 10.8. The summed E-state index contributed by atoms with van der Waals surface area (Å²) >= 11 is 15.6. The van der Waals surface area contributed by atoms with Gasteiger partial charge < -0.3 is 10.5 Å². The number of hydrogen-bond donors (Lipinski definition) is 1. The van der Waals surface area contributed by atoms with Gasteiger partial charge in [-0.2, -0.15) is 0 Å². The van der Waals surface area contributed by atoms with Crippen molar-refractivity contribution in [1.82, 2.24) is 0 Å². The quantitative estimate of drug-likeness (QED) is 0.734. The third-order valence-electron chi connectivity index (χ3n) is 0.405. The van der Waals surface area contributed by atoms with Crippen LogP contribution in [-0.2, 0) is 4.74 Å². The zero-order chi connectivity index (χ0) is 7.49. The van der Waals surface area contributed by atoms with Crippen molar-refractivity contribution in [2.45, 2.75) is 4.52 Å². The number of amides is 1.